The van der Waals surface area contributed by atoms with Crippen LogP contribution in [0, 0.1) is 0 Å². The molecule has 1 atom stereocenters. The van der Waals surface area contributed by atoms with E-state index in [0.29, 0.717) is 0 Å². The van der Waals surface area contributed by atoms with Crippen molar-refractivity contribution in [3.8, 4) is 0 Å². The van der Waals surface area contributed by atoms with E-state index in [1.54, 1.807) is 0 Å². The highest BCUT2D eigenvalue weighted by molar-refractivity contribution is 5.72. The van der Waals surface area contributed by atoms with E-state index in [1.807, 2.05) is 0 Å². The molecule has 0 amide bonds. The number of carboxylic acids is 1. The van der Waals surface area contributed by atoms with E-state index in [1.165, 1.54) is 23.9 Å². The van der Waals surface area contributed by atoms with E-state index >= 15 is 0 Å². The van der Waals surface area contributed by atoms with Gasteiger partial charge in [-0.1, -0.05) is 0 Å². The summed E-state index contributed by atoms with van der Waals surface area (Å²) in [7, 11) is 1.46. The van der Waals surface area contributed by atoms with Gasteiger partial charge in [0.15, 0.2) is 0 Å². The van der Waals surface area contributed by atoms with Crippen LogP contribution in [0.5, 0.6) is 0 Å². The Morgan fingerprint density at radius 2 is 2.20 bits per heavy atom. The van der Waals surface area contributed by atoms with E-state index in [9.17, 15) is 14.4 Å². The average Bonchev–Trinajstić information content (AvgIpc) is 2.18. The third-order valence-corrected chi connectivity index (χ3v) is 1.94. The number of rotatable bonds is 3. The second-order valence-electron chi connectivity index (χ2n) is 3.10. The Morgan fingerprint density at radius 3 is 2.73 bits per heavy atom. The first-order valence-electron chi connectivity index (χ1n) is 4.18. The molecule has 1 aromatic heterocycles. The molecule has 0 spiro atoms. The Morgan fingerprint density at radius 1 is 1.60 bits per heavy atom. The maximum Gasteiger partial charge on any atom is 0.330 e. The lowest BCUT2D eigenvalue weighted by molar-refractivity contribution is -0.138. The molecule has 1 unspecified atom stereocenters. The number of nitrogens with zero attached hydrogens (tertiary/aromatic N) is 2. The topological polar surface area (TPSA) is 107 Å². The molecule has 0 aliphatic heterocycles. The van der Waals surface area contributed by atoms with Gasteiger partial charge in [-0.25, -0.2) is 4.79 Å². The number of aliphatic carboxylic acids is 1. The fourth-order valence-corrected chi connectivity index (χ4v) is 1.06. The van der Waals surface area contributed by atoms with Gasteiger partial charge < -0.3 is 15.4 Å². The molecule has 82 valence electrons. The van der Waals surface area contributed by atoms with Crippen molar-refractivity contribution in [2.75, 3.05) is 0 Å². The van der Waals surface area contributed by atoms with Crippen molar-refractivity contribution in [3.63, 3.8) is 0 Å². The highest BCUT2D eigenvalue weighted by Crippen LogP contribution is 1.82. The molecule has 3 N–H and O–H groups in total. The fourth-order valence-electron chi connectivity index (χ4n) is 1.06. The normalized spacial score (nSPS) is 12.4. The van der Waals surface area contributed by atoms with Crippen molar-refractivity contribution < 1.29 is 9.90 Å². The van der Waals surface area contributed by atoms with Crippen LogP contribution in [-0.4, -0.2) is 26.3 Å². The lowest BCUT2D eigenvalue weighted by Crippen LogP contribution is -2.45. The molecule has 7 nitrogen and oxygen atoms in total. The van der Waals surface area contributed by atoms with Gasteiger partial charge in [0.25, 0.3) is 5.56 Å². The van der Waals surface area contributed by atoms with Gasteiger partial charge in [0.2, 0.25) is 0 Å². The molecular weight excluding hydrogens is 202 g/mol. The van der Waals surface area contributed by atoms with Gasteiger partial charge in [-0.2, -0.15) is 0 Å². The van der Waals surface area contributed by atoms with Crippen LogP contribution in [0.15, 0.2) is 21.9 Å². The van der Waals surface area contributed by atoms with E-state index in [-0.39, 0.29) is 6.54 Å². The lowest BCUT2D eigenvalue weighted by atomic mass is 10.3. The van der Waals surface area contributed by atoms with Crippen molar-refractivity contribution in [2.45, 2.75) is 12.6 Å². The maximum atomic E-state index is 11.4. The molecule has 7 heteroatoms. The Balaban J connectivity index is 3.15. The molecule has 0 aliphatic rings. The van der Waals surface area contributed by atoms with Crippen molar-refractivity contribution >= 4 is 5.97 Å². The largest absolute Gasteiger partial charge is 0.480 e. The van der Waals surface area contributed by atoms with Crippen LogP contribution in [0.25, 0.3) is 0 Å². The predicted molar refractivity (Wildman–Crippen MR) is 51.6 cm³/mol. The average molecular weight is 213 g/mol. The molecule has 0 aliphatic carbocycles. The van der Waals surface area contributed by atoms with Crippen LogP contribution in [0.4, 0.5) is 0 Å². The van der Waals surface area contributed by atoms with Gasteiger partial charge in [-0.15, -0.1) is 0 Å². The van der Waals surface area contributed by atoms with Crippen LogP contribution in [0.2, 0.25) is 0 Å². The van der Waals surface area contributed by atoms with E-state index in [2.05, 4.69) is 0 Å². The minimum Gasteiger partial charge on any atom is -0.480 e. The first kappa shape index (κ1) is 11.2. The standard InChI is InChI=1S/C8H11N3O4/c1-10-3-2-6(12)11(8(10)15)4-5(9)7(13)14/h2-3,5H,4,9H2,1H3,(H,13,14). The van der Waals surface area contributed by atoms with Crippen LogP contribution in [0.1, 0.15) is 0 Å². The molecule has 0 radical (unpaired) electrons. The molecule has 15 heavy (non-hydrogen) atoms. The summed E-state index contributed by atoms with van der Waals surface area (Å²) in [6.07, 6.45) is 1.31. The molecule has 0 saturated carbocycles. The zero-order chi connectivity index (χ0) is 11.6. The Bertz CT molecular complexity index is 487. The van der Waals surface area contributed by atoms with Gasteiger partial charge >= 0.3 is 11.7 Å². The van der Waals surface area contributed by atoms with Crippen LogP contribution in [0.3, 0.4) is 0 Å². The zero-order valence-electron chi connectivity index (χ0n) is 8.08. The maximum absolute atomic E-state index is 11.4. The van der Waals surface area contributed by atoms with Gasteiger partial charge in [0.05, 0.1) is 6.54 Å². The van der Waals surface area contributed by atoms with Crippen LogP contribution >= 0.6 is 0 Å². The Kier molecular flexibility index (Phi) is 3.05. The van der Waals surface area contributed by atoms with Crippen LogP contribution in [-0.2, 0) is 18.4 Å². The molecular formula is C8H11N3O4. The van der Waals surface area contributed by atoms with Gasteiger partial charge in [-0.3, -0.25) is 14.2 Å². The number of nitrogens with two attached hydrogens (primary N) is 1. The first-order valence-corrected chi connectivity index (χ1v) is 4.18. The number of hydrogen-bond acceptors (Lipinski definition) is 4. The summed E-state index contributed by atoms with van der Waals surface area (Å²) in [4.78, 5) is 33.1. The zero-order valence-corrected chi connectivity index (χ0v) is 8.08. The first-order chi connectivity index (χ1) is 6.93. The quantitative estimate of drug-likeness (QED) is 0.601. The third-order valence-electron chi connectivity index (χ3n) is 1.94. The Labute approximate surface area is 84.4 Å². The minimum atomic E-state index is -1.27. The van der Waals surface area contributed by atoms with E-state index in [4.69, 9.17) is 10.8 Å². The van der Waals surface area contributed by atoms with E-state index in [0.717, 1.165) is 4.57 Å². The SMILES string of the molecule is Cn1ccc(=O)n(CC(N)C(=O)O)c1=O. The van der Waals surface area contributed by atoms with Crippen molar-refractivity contribution in [1.82, 2.24) is 9.13 Å². The lowest BCUT2D eigenvalue weighted by Gasteiger charge is -2.09. The minimum absolute atomic E-state index is 0.332. The number of carbonyl (C=O) groups is 1. The monoisotopic (exact) mass is 213 g/mol. The summed E-state index contributed by atoms with van der Waals surface area (Å²) in [5.41, 5.74) is 4.08. The van der Waals surface area contributed by atoms with Gasteiger partial charge in [-0.05, 0) is 0 Å². The van der Waals surface area contributed by atoms with E-state index < -0.39 is 23.3 Å². The summed E-state index contributed by atoms with van der Waals surface area (Å²) in [5, 5.41) is 8.55. The summed E-state index contributed by atoms with van der Waals surface area (Å²) >= 11 is 0. The second kappa shape index (κ2) is 4.09. The predicted octanol–water partition coefficient (Wildman–Crippen LogP) is -2.04. The van der Waals surface area contributed by atoms with Gasteiger partial charge in [0.1, 0.15) is 6.04 Å². The summed E-state index contributed by atoms with van der Waals surface area (Å²) < 4.78 is 1.97. The molecule has 0 aromatic carbocycles. The van der Waals surface area contributed by atoms with Gasteiger partial charge in [0, 0.05) is 19.3 Å². The summed E-state index contributed by atoms with van der Waals surface area (Å²) in [6.45, 7) is -0.332. The smallest absolute Gasteiger partial charge is 0.330 e. The Hall–Kier alpha value is -1.89. The van der Waals surface area contributed by atoms with Crippen LogP contribution < -0.4 is 17.0 Å². The molecule has 0 bridgehead atoms. The fraction of sp³-hybridized carbons (Fsp3) is 0.375. The number of aromatic nitrogens is 2. The number of hydrogen-bond donors (Lipinski definition) is 2. The van der Waals surface area contributed by atoms with Crippen molar-refractivity contribution in [1.29, 1.82) is 0 Å². The summed E-state index contributed by atoms with van der Waals surface area (Å²) in [5.74, 6) is -1.26. The highest BCUT2D eigenvalue weighted by Gasteiger charge is 2.14. The molecule has 1 heterocycles. The summed E-state index contributed by atoms with van der Waals surface area (Å²) in [6, 6.07) is -0.0894. The number of aryl methyl sites for hydroxylation is 1. The third kappa shape index (κ3) is 2.32. The molecule has 0 saturated heterocycles. The van der Waals surface area contributed by atoms with Crippen molar-refractivity contribution in [3.05, 3.63) is 33.1 Å². The molecule has 1 aromatic rings. The number of carboxylic acid groups (broad SMARTS) is 1. The molecule has 1 rings (SSSR count). The van der Waals surface area contributed by atoms with Crippen molar-refractivity contribution in [2.24, 2.45) is 12.8 Å². The second-order valence-corrected chi connectivity index (χ2v) is 3.10. The highest BCUT2D eigenvalue weighted by atomic mass is 16.4. The molecule has 0 fully saturated rings.